The largest absolute Gasteiger partial charge is 0.309 e. The fourth-order valence-corrected chi connectivity index (χ4v) is 2.75. The average molecular weight is 348 g/mol. The van der Waals surface area contributed by atoms with Crippen molar-refractivity contribution in [2.24, 2.45) is 0 Å². The van der Waals surface area contributed by atoms with E-state index < -0.39 is 0 Å². The molecule has 0 bridgehead atoms. The van der Waals surface area contributed by atoms with Crippen molar-refractivity contribution in [3.8, 4) is 0 Å². The molecule has 0 radical (unpaired) electrons. The Hall–Kier alpha value is -1.88. The zero-order valence-corrected chi connectivity index (χ0v) is 13.9. The molecular weight excluding hydrogens is 333 g/mol. The summed E-state index contributed by atoms with van der Waals surface area (Å²) in [5.74, 6) is 0.568. The molecule has 0 saturated heterocycles. The maximum atomic E-state index is 12.1. The van der Waals surface area contributed by atoms with E-state index in [0.29, 0.717) is 33.3 Å². The van der Waals surface area contributed by atoms with Gasteiger partial charge in [-0.3, -0.25) is 4.79 Å². The predicted molar refractivity (Wildman–Crippen MR) is 94.1 cm³/mol. The van der Waals surface area contributed by atoms with Crippen molar-refractivity contribution < 1.29 is 0 Å². The summed E-state index contributed by atoms with van der Waals surface area (Å²) in [7, 11) is 0. The molecule has 0 fully saturated rings. The van der Waals surface area contributed by atoms with Crippen molar-refractivity contribution in [2.75, 3.05) is 0 Å². The molecule has 0 aliphatic heterocycles. The zero-order chi connectivity index (χ0) is 16.4. The number of fused-ring (bicyclic) bond motifs is 1. The number of nitrogens with zero attached hydrogens (tertiary/aromatic N) is 1. The third-order valence-electron chi connectivity index (χ3n) is 3.64. The molecule has 0 aliphatic rings. The van der Waals surface area contributed by atoms with Gasteiger partial charge >= 0.3 is 0 Å². The second kappa shape index (κ2) is 6.71. The number of aromatic nitrogens is 2. The number of nitrogens with one attached hydrogen (secondary N) is 2. The van der Waals surface area contributed by atoms with Gasteiger partial charge in [-0.25, -0.2) is 4.98 Å². The molecule has 1 heterocycles. The summed E-state index contributed by atoms with van der Waals surface area (Å²) >= 11 is 12.0. The smallest absolute Gasteiger partial charge is 0.258 e. The van der Waals surface area contributed by atoms with Crippen LogP contribution in [0.2, 0.25) is 10.0 Å². The van der Waals surface area contributed by atoms with Crippen LogP contribution < -0.4 is 10.9 Å². The number of halogens is 2. The standard InChI is InChI=1S/C17H15Cl2N3O/c1-10(11-3-2-4-12(18)7-11)20-9-16-21-15-8-13(19)5-6-14(15)17(23)22-16/h2-8,10,20H,9H2,1H3,(H,21,22,23)/t10-/m0/s1. The van der Waals surface area contributed by atoms with E-state index in [1.807, 2.05) is 31.2 Å². The van der Waals surface area contributed by atoms with E-state index in [0.717, 1.165) is 5.56 Å². The first kappa shape index (κ1) is 16.0. The van der Waals surface area contributed by atoms with Crippen LogP contribution in [0.15, 0.2) is 47.3 Å². The van der Waals surface area contributed by atoms with Gasteiger partial charge in [-0.05, 0) is 42.8 Å². The molecule has 2 N–H and O–H groups in total. The monoisotopic (exact) mass is 347 g/mol. The number of rotatable bonds is 4. The molecule has 0 saturated carbocycles. The highest BCUT2D eigenvalue weighted by Gasteiger charge is 2.08. The van der Waals surface area contributed by atoms with Gasteiger partial charge in [-0.15, -0.1) is 0 Å². The van der Waals surface area contributed by atoms with E-state index in [1.54, 1.807) is 18.2 Å². The lowest BCUT2D eigenvalue weighted by atomic mass is 10.1. The van der Waals surface area contributed by atoms with Crippen LogP contribution in [-0.4, -0.2) is 9.97 Å². The lowest BCUT2D eigenvalue weighted by Crippen LogP contribution is -2.22. The molecule has 118 valence electrons. The van der Waals surface area contributed by atoms with E-state index in [1.165, 1.54) is 0 Å². The first-order valence-corrected chi connectivity index (χ1v) is 7.96. The Morgan fingerprint density at radius 2 is 1.96 bits per heavy atom. The fourth-order valence-electron chi connectivity index (χ4n) is 2.39. The highest BCUT2D eigenvalue weighted by Crippen LogP contribution is 2.18. The molecule has 2 aromatic carbocycles. The normalized spacial score (nSPS) is 12.5. The van der Waals surface area contributed by atoms with Gasteiger partial charge in [0.2, 0.25) is 0 Å². The van der Waals surface area contributed by atoms with E-state index in [4.69, 9.17) is 23.2 Å². The molecular formula is C17H15Cl2N3O. The molecule has 3 aromatic rings. The van der Waals surface area contributed by atoms with Crippen LogP contribution in [0.4, 0.5) is 0 Å². The molecule has 3 rings (SSSR count). The molecule has 0 amide bonds. The van der Waals surface area contributed by atoms with E-state index >= 15 is 0 Å². The second-order valence-electron chi connectivity index (χ2n) is 5.33. The lowest BCUT2D eigenvalue weighted by molar-refractivity contribution is 0.559. The summed E-state index contributed by atoms with van der Waals surface area (Å²) in [4.78, 5) is 19.3. The molecule has 0 spiro atoms. The third-order valence-corrected chi connectivity index (χ3v) is 4.11. The highest BCUT2D eigenvalue weighted by molar-refractivity contribution is 6.31. The second-order valence-corrected chi connectivity index (χ2v) is 6.20. The number of aromatic amines is 1. The summed E-state index contributed by atoms with van der Waals surface area (Å²) in [5, 5.41) is 5.11. The van der Waals surface area contributed by atoms with Crippen molar-refractivity contribution >= 4 is 34.1 Å². The Morgan fingerprint density at radius 3 is 2.74 bits per heavy atom. The van der Waals surface area contributed by atoms with Crippen LogP contribution in [0.25, 0.3) is 10.9 Å². The van der Waals surface area contributed by atoms with Gasteiger partial charge in [0.05, 0.1) is 17.4 Å². The number of benzene rings is 2. The lowest BCUT2D eigenvalue weighted by Gasteiger charge is -2.14. The molecule has 1 atom stereocenters. The van der Waals surface area contributed by atoms with Crippen molar-refractivity contribution in [3.05, 3.63) is 74.3 Å². The van der Waals surface area contributed by atoms with E-state index in [2.05, 4.69) is 15.3 Å². The number of hydrogen-bond donors (Lipinski definition) is 2. The Balaban J connectivity index is 1.80. The van der Waals surface area contributed by atoms with Crippen LogP contribution in [-0.2, 0) is 6.54 Å². The topological polar surface area (TPSA) is 57.8 Å². The van der Waals surface area contributed by atoms with Gasteiger partial charge in [0.15, 0.2) is 0 Å². The molecule has 6 heteroatoms. The zero-order valence-electron chi connectivity index (χ0n) is 12.4. The van der Waals surface area contributed by atoms with Crippen LogP contribution in [0.5, 0.6) is 0 Å². The minimum atomic E-state index is -0.168. The quantitative estimate of drug-likeness (QED) is 0.747. The molecule has 23 heavy (non-hydrogen) atoms. The van der Waals surface area contributed by atoms with Crippen molar-refractivity contribution in [3.63, 3.8) is 0 Å². The number of H-pyrrole nitrogens is 1. The molecule has 0 aliphatic carbocycles. The summed E-state index contributed by atoms with van der Waals surface area (Å²) in [6, 6.07) is 12.8. The molecule has 1 aromatic heterocycles. The minimum Gasteiger partial charge on any atom is -0.309 e. The highest BCUT2D eigenvalue weighted by atomic mass is 35.5. The van der Waals surface area contributed by atoms with Crippen LogP contribution >= 0.6 is 23.2 Å². The summed E-state index contributed by atoms with van der Waals surface area (Å²) in [6.07, 6.45) is 0. The maximum Gasteiger partial charge on any atom is 0.258 e. The van der Waals surface area contributed by atoms with E-state index in [-0.39, 0.29) is 11.6 Å². The predicted octanol–water partition coefficient (Wildman–Crippen LogP) is 4.08. The Morgan fingerprint density at radius 1 is 1.17 bits per heavy atom. The van der Waals surface area contributed by atoms with Crippen LogP contribution in [0.1, 0.15) is 24.4 Å². The van der Waals surface area contributed by atoms with Gasteiger partial charge in [0.25, 0.3) is 5.56 Å². The first-order valence-electron chi connectivity index (χ1n) is 7.20. The Labute approximate surface area is 143 Å². The Bertz CT molecular complexity index is 908. The molecule has 4 nitrogen and oxygen atoms in total. The SMILES string of the molecule is C[C@H](NCc1nc2cc(Cl)ccc2c(=O)[nH]1)c1cccc(Cl)c1. The third kappa shape index (κ3) is 3.72. The first-order chi connectivity index (χ1) is 11.0. The minimum absolute atomic E-state index is 0.0778. The van der Waals surface area contributed by atoms with E-state index in [9.17, 15) is 4.79 Å². The van der Waals surface area contributed by atoms with Crippen LogP contribution in [0, 0.1) is 0 Å². The number of hydrogen-bond acceptors (Lipinski definition) is 3. The van der Waals surface area contributed by atoms with Gasteiger partial charge in [0, 0.05) is 16.1 Å². The van der Waals surface area contributed by atoms with Gasteiger partial charge in [-0.2, -0.15) is 0 Å². The van der Waals surface area contributed by atoms with Crippen LogP contribution in [0.3, 0.4) is 0 Å². The fraction of sp³-hybridized carbons (Fsp3) is 0.176. The average Bonchev–Trinajstić information content (AvgIpc) is 2.52. The maximum absolute atomic E-state index is 12.1. The van der Waals surface area contributed by atoms with Gasteiger partial charge in [-0.1, -0.05) is 35.3 Å². The van der Waals surface area contributed by atoms with Crippen molar-refractivity contribution in [1.82, 2.24) is 15.3 Å². The van der Waals surface area contributed by atoms with Gasteiger partial charge in [0.1, 0.15) is 5.82 Å². The summed E-state index contributed by atoms with van der Waals surface area (Å²) < 4.78 is 0. The van der Waals surface area contributed by atoms with Crippen molar-refractivity contribution in [2.45, 2.75) is 19.5 Å². The summed E-state index contributed by atoms with van der Waals surface area (Å²) in [6.45, 7) is 2.47. The van der Waals surface area contributed by atoms with Gasteiger partial charge < -0.3 is 10.3 Å². The Kier molecular flexibility index (Phi) is 4.66. The summed E-state index contributed by atoms with van der Waals surface area (Å²) in [5.41, 5.74) is 1.50. The molecule has 0 unspecified atom stereocenters. The van der Waals surface area contributed by atoms with Crippen molar-refractivity contribution in [1.29, 1.82) is 0 Å².